The molecule has 3 rings (SSSR count). The number of hydrogen-bond donors (Lipinski definition) is 1. The first-order valence-corrected chi connectivity index (χ1v) is 11.6. The fourth-order valence-corrected chi connectivity index (χ4v) is 4.68. The molecule has 1 aromatic heterocycles. The van der Waals surface area contributed by atoms with Crippen LogP contribution in [0.4, 0.5) is 5.69 Å². The lowest BCUT2D eigenvalue weighted by Crippen LogP contribution is -2.27. The van der Waals surface area contributed by atoms with E-state index in [4.69, 9.17) is 9.47 Å². The van der Waals surface area contributed by atoms with Crippen LogP contribution in [0.25, 0.3) is 0 Å². The van der Waals surface area contributed by atoms with Gasteiger partial charge in [0.15, 0.2) is 0 Å². The van der Waals surface area contributed by atoms with Crippen molar-refractivity contribution in [3.8, 4) is 11.5 Å². The molecule has 174 valence electrons. The number of pyridine rings is 1. The summed E-state index contributed by atoms with van der Waals surface area (Å²) in [5.41, 5.74) is 3.23. The molecule has 33 heavy (non-hydrogen) atoms. The van der Waals surface area contributed by atoms with E-state index in [-0.39, 0.29) is 17.3 Å². The summed E-state index contributed by atoms with van der Waals surface area (Å²) in [6.45, 7) is 4.01. The predicted octanol–water partition coefficient (Wildman–Crippen LogP) is 3.47. The Kier molecular flexibility index (Phi) is 7.23. The summed E-state index contributed by atoms with van der Waals surface area (Å²) in [7, 11) is 0.694. The average Bonchev–Trinajstić information content (AvgIpc) is 2.83. The Morgan fingerprint density at radius 1 is 1.03 bits per heavy atom. The van der Waals surface area contributed by atoms with Crippen LogP contribution in [-0.2, 0) is 16.6 Å². The maximum atomic E-state index is 13.1. The van der Waals surface area contributed by atoms with Crippen LogP contribution < -0.4 is 19.1 Å². The Morgan fingerprint density at radius 2 is 1.70 bits per heavy atom. The number of carbonyl (C=O) groups excluding carboxylic acids is 1. The second kappa shape index (κ2) is 9.91. The van der Waals surface area contributed by atoms with Gasteiger partial charge in [0.1, 0.15) is 11.5 Å². The normalized spacial score (nSPS) is 11.1. The highest BCUT2D eigenvalue weighted by molar-refractivity contribution is 7.92. The summed E-state index contributed by atoms with van der Waals surface area (Å²) >= 11 is 0. The van der Waals surface area contributed by atoms with Gasteiger partial charge in [0.2, 0.25) is 0 Å². The second-order valence-corrected chi connectivity index (χ2v) is 9.37. The van der Waals surface area contributed by atoms with Crippen molar-refractivity contribution in [3.05, 3.63) is 77.1 Å². The summed E-state index contributed by atoms with van der Waals surface area (Å²) in [5, 5.41) is 2.82. The number of benzene rings is 2. The topological polar surface area (TPSA) is 97.8 Å². The Morgan fingerprint density at radius 3 is 2.33 bits per heavy atom. The fourth-order valence-electron chi connectivity index (χ4n) is 3.47. The molecule has 3 aromatic rings. The highest BCUT2D eigenvalue weighted by atomic mass is 32.2. The van der Waals surface area contributed by atoms with E-state index in [9.17, 15) is 13.2 Å². The average molecular weight is 470 g/mol. The lowest BCUT2D eigenvalue weighted by Gasteiger charge is -2.21. The zero-order valence-electron chi connectivity index (χ0n) is 19.2. The van der Waals surface area contributed by atoms with Crippen LogP contribution in [0.3, 0.4) is 0 Å². The number of rotatable bonds is 8. The minimum absolute atomic E-state index is 0.0632. The number of para-hydroxylation sites is 2. The summed E-state index contributed by atoms with van der Waals surface area (Å²) < 4.78 is 38.0. The summed E-state index contributed by atoms with van der Waals surface area (Å²) in [6, 6.07) is 12.6. The van der Waals surface area contributed by atoms with E-state index < -0.39 is 10.0 Å². The SMILES string of the molecule is COc1ccccc1N(C)S(=O)(=O)c1ccc(C(=O)NCc2ncc(C)c(OC)c2C)cc1. The van der Waals surface area contributed by atoms with E-state index >= 15 is 0 Å². The van der Waals surface area contributed by atoms with Gasteiger partial charge in [0.25, 0.3) is 15.9 Å². The van der Waals surface area contributed by atoms with Crippen LogP contribution in [0.15, 0.2) is 59.6 Å². The molecule has 0 saturated heterocycles. The molecular formula is C24H27N3O5S. The molecule has 1 amide bonds. The zero-order chi connectivity index (χ0) is 24.2. The molecule has 0 aliphatic carbocycles. The molecule has 0 atom stereocenters. The summed E-state index contributed by atoms with van der Waals surface area (Å²) in [4.78, 5) is 17.0. The molecule has 0 aliphatic heterocycles. The van der Waals surface area contributed by atoms with Crippen molar-refractivity contribution in [3.63, 3.8) is 0 Å². The number of carbonyl (C=O) groups is 1. The molecule has 1 heterocycles. The van der Waals surface area contributed by atoms with Gasteiger partial charge in [-0.2, -0.15) is 0 Å². The minimum atomic E-state index is -3.84. The number of hydrogen-bond acceptors (Lipinski definition) is 6. The Balaban J connectivity index is 1.75. The molecule has 8 nitrogen and oxygen atoms in total. The lowest BCUT2D eigenvalue weighted by molar-refractivity contribution is 0.0950. The van der Waals surface area contributed by atoms with Crippen LogP contribution >= 0.6 is 0 Å². The Hall–Kier alpha value is -3.59. The number of ether oxygens (including phenoxy) is 2. The van der Waals surface area contributed by atoms with Gasteiger partial charge < -0.3 is 14.8 Å². The molecule has 0 unspecified atom stereocenters. The van der Waals surface area contributed by atoms with Gasteiger partial charge in [-0.1, -0.05) is 12.1 Å². The first-order valence-electron chi connectivity index (χ1n) is 10.2. The quantitative estimate of drug-likeness (QED) is 0.543. The molecule has 2 aromatic carbocycles. The molecule has 0 spiro atoms. The van der Waals surface area contributed by atoms with E-state index in [1.54, 1.807) is 37.6 Å². The van der Waals surface area contributed by atoms with Gasteiger partial charge in [-0.3, -0.25) is 14.1 Å². The number of aromatic nitrogens is 1. The highest BCUT2D eigenvalue weighted by Crippen LogP contribution is 2.31. The van der Waals surface area contributed by atoms with E-state index in [0.717, 1.165) is 21.2 Å². The van der Waals surface area contributed by atoms with Crippen LogP contribution in [0.5, 0.6) is 11.5 Å². The number of nitrogens with one attached hydrogen (secondary N) is 1. The second-order valence-electron chi connectivity index (χ2n) is 7.40. The van der Waals surface area contributed by atoms with Crippen molar-refractivity contribution < 1.29 is 22.7 Å². The summed E-state index contributed by atoms with van der Waals surface area (Å²) in [6.07, 6.45) is 1.70. The highest BCUT2D eigenvalue weighted by Gasteiger charge is 2.24. The lowest BCUT2D eigenvalue weighted by atomic mass is 10.1. The van der Waals surface area contributed by atoms with Gasteiger partial charge in [-0.25, -0.2) is 8.42 Å². The maximum Gasteiger partial charge on any atom is 0.264 e. The number of nitrogens with zero attached hydrogens (tertiary/aromatic N) is 2. The molecular weight excluding hydrogens is 442 g/mol. The first-order chi connectivity index (χ1) is 15.7. The van der Waals surface area contributed by atoms with Crippen LogP contribution in [0, 0.1) is 13.8 Å². The van der Waals surface area contributed by atoms with Crippen LogP contribution in [-0.4, -0.2) is 40.6 Å². The number of aryl methyl sites for hydroxylation is 1. The van der Waals surface area contributed by atoms with Crippen LogP contribution in [0.2, 0.25) is 0 Å². The largest absolute Gasteiger partial charge is 0.496 e. The maximum absolute atomic E-state index is 13.1. The molecule has 0 radical (unpaired) electrons. The number of sulfonamides is 1. The predicted molar refractivity (Wildman–Crippen MR) is 126 cm³/mol. The van der Waals surface area contributed by atoms with Gasteiger partial charge in [-0.15, -0.1) is 0 Å². The van der Waals surface area contributed by atoms with E-state index in [1.807, 2.05) is 13.8 Å². The molecule has 0 saturated carbocycles. The van der Waals surface area contributed by atoms with Gasteiger partial charge in [0, 0.05) is 29.9 Å². The molecule has 0 fully saturated rings. The number of amides is 1. The molecule has 0 bridgehead atoms. The Bertz CT molecular complexity index is 1260. The Labute approximate surface area is 194 Å². The molecule has 1 N–H and O–H groups in total. The third kappa shape index (κ3) is 4.93. The van der Waals surface area contributed by atoms with Crippen LogP contribution in [0.1, 0.15) is 27.2 Å². The van der Waals surface area contributed by atoms with Crippen molar-refractivity contribution in [1.82, 2.24) is 10.3 Å². The summed E-state index contributed by atoms with van der Waals surface area (Å²) in [5.74, 6) is 0.844. The standard InChI is InChI=1S/C24H27N3O5S/c1-16-14-25-20(17(2)23(16)32-5)15-26-24(28)18-10-12-19(13-11-18)33(29,30)27(3)21-8-6-7-9-22(21)31-4/h6-14H,15H2,1-5H3,(H,26,28). The van der Waals surface area contributed by atoms with Gasteiger partial charge in [0.05, 0.1) is 37.0 Å². The van der Waals surface area contributed by atoms with E-state index in [0.29, 0.717) is 22.7 Å². The third-order valence-corrected chi connectivity index (χ3v) is 7.15. The zero-order valence-corrected chi connectivity index (χ0v) is 20.1. The third-order valence-electron chi connectivity index (χ3n) is 5.37. The van der Waals surface area contributed by atoms with Crippen molar-refractivity contribution in [2.45, 2.75) is 25.3 Å². The monoisotopic (exact) mass is 469 g/mol. The van der Waals surface area contributed by atoms with Crippen molar-refractivity contribution in [2.24, 2.45) is 0 Å². The van der Waals surface area contributed by atoms with E-state index in [2.05, 4.69) is 10.3 Å². The number of methoxy groups -OCH3 is 2. The molecule has 9 heteroatoms. The van der Waals surface area contributed by atoms with Crippen molar-refractivity contribution in [2.75, 3.05) is 25.6 Å². The molecule has 0 aliphatic rings. The van der Waals surface area contributed by atoms with Crippen molar-refractivity contribution >= 4 is 21.6 Å². The smallest absolute Gasteiger partial charge is 0.264 e. The first kappa shape index (κ1) is 24.1. The van der Waals surface area contributed by atoms with E-state index in [1.165, 1.54) is 38.4 Å². The van der Waals surface area contributed by atoms with Crippen molar-refractivity contribution in [1.29, 1.82) is 0 Å². The number of anilines is 1. The minimum Gasteiger partial charge on any atom is -0.496 e. The van der Waals surface area contributed by atoms with Gasteiger partial charge >= 0.3 is 0 Å². The van der Waals surface area contributed by atoms with Gasteiger partial charge in [-0.05, 0) is 50.2 Å². The fraction of sp³-hybridized carbons (Fsp3) is 0.250.